The minimum absolute atomic E-state index is 0.0405. The summed E-state index contributed by atoms with van der Waals surface area (Å²) in [6.45, 7) is 4.59. The molecule has 0 bridgehead atoms. The lowest BCUT2D eigenvalue weighted by Gasteiger charge is -2.24. The van der Waals surface area contributed by atoms with Gasteiger partial charge in [-0.05, 0) is 24.7 Å². The van der Waals surface area contributed by atoms with Crippen molar-refractivity contribution in [1.82, 2.24) is 10.6 Å². The fourth-order valence-corrected chi connectivity index (χ4v) is 2.67. The van der Waals surface area contributed by atoms with Crippen LogP contribution < -0.4 is 10.6 Å². The second-order valence-corrected chi connectivity index (χ2v) is 6.70. The van der Waals surface area contributed by atoms with Gasteiger partial charge in [-0.25, -0.2) is 14.4 Å². The lowest BCUT2D eigenvalue weighted by molar-refractivity contribution is -0.140. The monoisotopic (exact) mass is 354 g/mol. The van der Waals surface area contributed by atoms with E-state index in [0.29, 0.717) is 12.5 Å². The molecule has 2 N–H and O–H groups in total. The van der Waals surface area contributed by atoms with E-state index in [-0.39, 0.29) is 24.6 Å². The average molecular weight is 354 g/mol. The van der Waals surface area contributed by atoms with Crippen LogP contribution in [0.4, 0.5) is 4.79 Å². The number of urea groups is 1. The Morgan fingerprint density at radius 3 is 2.32 bits per heavy atom. The van der Waals surface area contributed by atoms with Gasteiger partial charge in [0.25, 0.3) is 0 Å². The van der Waals surface area contributed by atoms with Gasteiger partial charge in [0, 0.05) is 18.7 Å². The second-order valence-electron chi connectivity index (χ2n) is 6.70. The topological polar surface area (TPSA) is 93.7 Å². The van der Waals surface area contributed by atoms with Gasteiger partial charge in [-0.15, -0.1) is 0 Å². The molecule has 0 radical (unpaired) electrons. The Hall–Kier alpha value is -2.05. The van der Waals surface area contributed by atoms with Gasteiger partial charge in [-0.3, -0.25) is 0 Å². The van der Waals surface area contributed by atoms with E-state index in [4.69, 9.17) is 4.74 Å². The number of esters is 2. The van der Waals surface area contributed by atoms with Gasteiger partial charge in [-0.1, -0.05) is 33.1 Å². The molecule has 1 rings (SSSR count). The van der Waals surface area contributed by atoms with Crippen molar-refractivity contribution in [3.8, 4) is 0 Å². The van der Waals surface area contributed by atoms with E-state index in [0.717, 1.165) is 25.0 Å². The van der Waals surface area contributed by atoms with Gasteiger partial charge < -0.3 is 20.1 Å². The maximum Gasteiger partial charge on any atom is 0.331 e. The molecule has 1 aliphatic rings. The van der Waals surface area contributed by atoms with Crippen LogP contribution in [0.15, 0.2) is 12.2 Å². The van der Waals surface area contributed by atoms with Gasteiger partial charge in [0.1, 0.15) is 6.61 Å². The molecule has 2 amide bonds. The Morgan fingerprint density at radius 1 is 1.08 bits per heavy atom. The van der Waals surface area contributed by atoms with Crippen molar-refractivity contribution in [2.75, 3.05) is 20.3 Å². The SMILES string of the molecule is COC(=O)/C=C/C(=O)OC[C@H](NC(=O)NCC1CCCCC1)C(C)C. The molecule has 0 unspecified atom stereocenters. The van der Waals surface area contributed by atoms with Crippen molar-refractivity contribution in [2.45, 2.75) is 52.0 Å². The number of rotatable bonds is 8. The summed E-state index contributed by atoms with van der Waals surface area (Å²) in [5, 5.41) is 5.75. The number of methoxy groups -OCH3 is 1. The summed E-state index contributed by atoms with van der Waals surface area (Å²) < 4.78 is 9.47. The predicted octanol–water partition coefficient (Wildman–Crippen LogP) is 2.16. The van der Waals surface area contributed by atoms with Crippen LogP contribution in [0.25, 0.3) is 0 Å². The third-order valence-corrected chi connectivity index (χ3v) is 4.36. The first-order chi connectivity index (χ1) is 11.9. The fourth-order valence-electron chi connectivity index (χ4n) is 2.67. The van der Waals surface area contributed by atoms with E-state index >= 15 is 0 Å². The van der Waals surface area contributed by atoms with Crippen LogP contribution in [0.2, 0.25) is 0 Å². The quantitative estimate of drug-likeness (QED) is 0.515. The normalized spacial score (nSPS) is 16.5. The van der Waals surface area contributed by atoms with Crippen LogP contribution in [0.3, 0.4) is 0 Å². The summed E-state index contributed by atoms with van der Waals surface area (Å²) >= 11 is 0. The Balaban J connectivity index is 2.34. The maximum absolute atomic E-state index is 12.1. The molecule has 0 aromatic carbocycles. The van der Waals surface area contributed by atoms with Gasteiger partial charge >= 0.3 is 18.0 Å². The number of nitrogens with one attached hydrogen (secondary N) is 2. The molecule has 25 heavy (non-hydrogen) atoms. The molecule has 0 saturated heterocycles. The third kappa shape index (κ3) is 9.12. The third-order valence-electron chi connectivity index (χ3n) is 4.36. The highest BCUT2D eigenvalue weighted by Crippen LogP contribution is 2.22. The van der Waals surface area contributed by atoms with E-state index < -0.39 is 11.9 Å². The second kappa shape index (κ2) is 11.5. The van der Waals surface area contributed by atoms with E-state index in [1.54, 1.807) is 0 Å². The van der Waals surface area contributed by atoms with Gasteiger partial charge in [0.05, 0.1) is 13.2 Å². The van der Waals surface area contributed by atoms with Crippen LogP contribution in [0.1, 0.15) is 46.0 Å². The zero-order valence-corrected chi connectivity index (χ0v) is 15.4. The van der Waals surface area contributed by atoms with Gasteiger partial charge in [-0.2, -0.15) is 0 Å². The largest absolute Gasteiger partial charge is 0.466 e. The van der Waals surface area contributed by atoms with Gasteiger partial charge in [0.2, 0.25) is 0 Å². The zero-order valence-electron chi connectivity index (χ0n) is 15.4. The van der Waals surface area contributed by atoms with Crippen molar-refractivity contribution in [3.05, 3.63) is 12.2 Å². The van der Waals surface area contributed by atoms with Crippen LogP contribution in [0.5, 0.6) is 0 Å². The smallest absolute Gasteiger partial charge is 0.331 e. The molecule has 0 aliphatic heterocycles. The first-order valence-electron chi connectivity index (χ1n) is 8.89. The standard InChI is InChI=1S/C18H30N2O5/c1-13(2)15(12-25-17(22)10-9-16(21)24-3)20-18(23)19-11-14-7-5-4-6-8-14/h9-10,13-15H,4-8,11-12H2,1-3H3,(H2,19,20,23)/b10-9+/t15-/m0/s1. The molecule has 7 nitrogen and oxygen atoms in total. The van der Waals surface area contributed by atoms with E-state index in [1.807, 2.05) is 13.8 Å². The van der Waals surface area contributed by atoms with Crippen LogP contribution in [-0.4, -0.2) is 44.3 Å². The maximum atomic E-state index is 12.1. The van der Waals surface area contributed by atoms with Crippen LogP contribution in [0, 0.1) is 11.8 Å². The number of amides is 2. The molecule has 0 aromatic heterocycles. The first-order valence-corrected chi connectivity index (χ1v) is 8.89. The van der Waals surface area contributed by atoms with E-state index in [9.17, 15) is 14.4 Å². The fraction of sp³-hybridized carbons (Fsp3) is 0.722. The van der Waals surface area contributed by atoms with Crippen molar-refractivity contribution in [3.63, 3.8) is 0 Å². The number of carbonyl (C=O) groups excluding carboxylic acids is 3. The van der Waals surface area contributed by atoms with Crippen molar-refractivity contribution in [2.24, 2.45) is 11.8 Å². The molecule has 1 fully saturated rings. The minimum Gasteiger partial charge on any atom is -0.466 e. The van der Waals surface area contributed by atoms with Gasteiger partial charge in [0.15, 0.2) is 0 Å². The summed E-state index contributed by atoms with van der Waals surface area (Å²) in [6.07, 6.45) is 8.09. The lowest BCUT2D eigenvalue weighted by Crippen LogP contribution is -2.48. The summed E-state index contributed by atoms with van der Waals surface area (Å²) in [5.74, 6) is -0.630. The Kier molecular flexibility index (Phi) is 9.65. The number of hydrogen-bond acceptors (Lipinski definition) is 5. The molecule has 0 aromatic rings. The molecular weight excluding hydrogens is 324 g/mol. The average Bonchev–Trinajstić information content (AvgIpc) is 2.61. The summed E-state index contributed by atoms with van der Waals surface area (Å²) in [5.41, 5.74) is 0. The lowest BCUT2D eigenvalue weighted by atomic mass is 9.89. The highest BCUT2D eigenvalue weighted by molar-refractivity contribution is 5.91. The highest BCUT2D eigenvalue weighted by atomic mass is 16.5. The van der Waals surface area contributed by atoms with Crippen LogP contribution >= 0.6 is 0 Å². The molecule has 142 valence electrons. The number of ether oxygens (including phenoxy) is 2. The molecule has 0 spiro atoms. The minimum atomic E-state index is -0.652. The molecule has 1 aliphatic carbocycles. The molecular formula is C18H30N2O5. The molecule has 1 saturated carbocycles. The van der Waals surface area contributed by atoms with Crippen molar-refractivity contribution in [1.29, 1.82) is 0 Å². The number of carbonyl (C=O) groups is 3. The highest BCUT2D eigenvalue weighted by Gasteiger charge is 2.19. The summed E-state index contributed by atoms with van der Waals surface area (Å²) in [6, 6.07) is -0.549. The van der Waals surface area contributed by atoms with E-state index in [1.165, 1.54) is 26.4 Å². The summed E-state index contributed by atoms with van der Waals surface area (Å²) in [4.78, 5) is 34.6. The Labute approximate surface area is 149 Å². The zero-order chi connectivity index (χ0) is 18.7. The Morgan fingerprint density at radius 2 is 1.72 bits per heavy atom. The Bertz CT molecular complexity index is 470. The van der Waals surface area contributed by atoms with Crippen LogP contribution in [-0.2, 0) is 19.1 Å². The summed E-state index contributed by atoms with van der Waals surface area (Å²) in [7, 11) is 1.22. The molecule has 7 heteroatoms. The molecule has 1 atom stereocenters. The van der Waals surface area contributed by atoms with Crippen molar-refractivity contribution >= 4 is 18.0 Å². The van der Waals surface area contributed by atoms with E-state index in [2.05, 4.69) is 15.4 Å². The number of hydrogen-bond donors (Lipinski definition) is 2. The first kappa shape index (κ1) is 21.0. The predicted molar refractivity (Wildman–Crippen MR) is 93.9 cm³/mol. The molecule has 0 heterocycles. The van der Waals surface area contributed by atoms with Crippen molar-refractivity contribution < 1.29 is 23.9 Å².